The van der Waals surface area contributed by atoms with Gasteiger partial charge in [-0.05, 0) is 87.5 Å². The van der Waals surface area contributed by atoms with Crippen LogP contribution in [0, 0.1) is 5.82 Å². The molecule has 2 aromatic carbocycles. The molecule has 8 heteroatoms. The highest BCUT2D eigenvalue weighted by Gasteiger charge is 2.26. The Morgan fingerprint density at radius 3 is 2.66 bits per heavy atom. The van der Waals surface area contributed by atoms with E-state index in [-0.39, 0.29) is 23.0 Å². The van der Waals surface area contributed by atoms with Crippen molar-refractivity contribution in [3.05, 3.63) is 71.3 Å². The van der Waals surface area contributed by atoms with Crippen LogP contribution < -0.4 is 5.32 Å². The molecule has 2 heterocycles. The summed E-state index contributed by atoms with van der Waals surface area (Å²) in [4.78, 5) is 15.6. The van der Waals surface area contributed by atoms with E-state index in [1.54, 1.807) is 12.1 Å². The molecular formula is C27H32FN5OS. The Kier molecular flexibility index (Phi) is 7.48. The fourth-order valence-corrected chi connectivity index (χ4v) is 5.95. The van der Waals surface area contributed by atoms with Gasteiger partial charge in [-0.3, -0.25) is 14.3 Å². The lowest BCUT2D eigenvalue weighted by molar-refractivity contribution is -0.121. The van der Waals surface area contributed by atoms with Crippen molar-refractivity contribution in [2.24, 2.45) is 0 Å². The number of halogens is 1. The van der Waals surface area contributed by atoms with Crippen LogP contribution in [0.15, 0.2) is 53.7 Å². The minimum atomic E-state index is -0.352. The molecule has 0 unspecified atom stereocenters. The standard InChI is InChI=1S/C27H32FN5OS/c1-19(26(34)29-24-11-7-9-20-8-3-4-10-23(20)24)35-27-31-30-25(18-32-16-5-2-6-17-32)33(27)22-14-12-21(28)13-15-22/h3-4,8,10,12-15,19,24H,2,5-7,9,11,16-18H2,1H3,(H,29,34)/t19-,24-/m0/s1. The normalized spacial score (nSPS) is 19.2. The number of rotatable bonds is 7. The second-order valence-corrected chi connectivity index (χ2v) is 10.8. The Morgan fingerprint density at radius 2 is 1.86 bits per heavy atom. The first-order valence-corrected chi connectivity index (χ1v) is 13.4. The van der Waals surface area contributed by atoms with Crippen molar-refractivity contribution < 1.29 is 9.18 Å². The highest BCUT2D eigenvalue weighted by molar-refractivity contribution is 8.00. The van der Waals surface area contributed by atoms with Crippen molar-refractivity contribution >= 4 is 17.7 Å². The van der Waals surface area contributed by atoms with Gasteiger partial charge in [0.2, 0.25) is 5.91 Å². The molecule has 1 aliphatic heterocycles. The van der Waals surface area contributed by atoms with E-state index in [1.807, 2.05) is 17.6 Å². The van der Waals surface area contributed by atoms with Crippen LogP contribution in [0.5, 0.6) is 0 Å². The number of amides is 1. The van der Waals surface area contributed by atoms with Gasteiger partial charge in [0.25, 0.3) is 0 Å². The zero-order chi connectivity index (χ0) is 24.2. The minimum absolute atomic E-state index is 0.0112. The third kappa shape index (κ3) is 5.59. The van der Waals surface area contributed by atoms with Crippen LogP contribution in [-0.2, 0) is 17.8 Å². The topological polar surface area (TPSA) is 63.1 Å². The Labute approximate surface area is 210 Å². The number of aryl methyl sites for hydroxylation is 1. The Balaban J connectivity index is 1.34. The van der Waals surface area contributed by atoms with E-state index in [4.69, 9.17) is 0 Å². The largest absolute Gasteiger partial charge is 0.348 e. The number of thioether (sulfide) groups is 1. The van der Waals surface area contributed by atoms with Crippen LogP contribution in [-0.4, -0.2) is 43.9 Å². The molecule has 35 heavy (non-hydrogen) atoms. The number of carbonyl (C=O) groups excluding carboxylic acids is 1. The van der Waals surface area contributed by atoms with Gasteiger partial charge in [0, 0.05) is 5.69 Å². The number of aromatic nitrogens is 3. The zero-order valence-electron chi connectivity index (χ0n) is 20.1. The van der Waals surface area contributed by atoms with Crippen molar-refractivity contribution in [3.8, 4) is 5.69 Å². The Bertz CT molecular complexity index is 1160. The Morgan fingerprint density at radius 1 is 1.09 bits per heavy atom. The summed E-state index contributed by atoms with van der Waals surface area (Å²) in [6.45, 7) is 4.67. The zero-order valence-corrected chi connectivity index (χ0v) is 20.9. The molecular weight excluding hydrogens is 461 g/mol. The average molecular weight is 494 g/mol. The molecule has 2 aliphatic rings. The number of hydrogen-bond acceptors (Lipinski definition) is 5. The third-order valence-corrected chi connectivity index (χ3v) is 7.98. The van der Waals surface area contributed by atoms with Crippen LogP contribution in [0.2, 0.25) is 0 Å². The molecule has 1 aliphatic carbocycles. The van der Waals surface area contributed by atoms with Gasteiger partial charge < -0.3 is 5.32 Å². The van der Waals surface area contributed by atoms with Crippen molar-refractivity contribution in [1.29, 1.82) is 0 Å². The number of carbonyl (C=O) groups is 1. The number of hydrogen-bond donors (Lipinski definition) is 1. The monoisotopic (exact) mass is 493 g/mol. The number of fused-ring (bicyclic) bond motifs is 1. The molecule has 1 aromatic heterocycles. The molecule has 0 radical (unpaired) electrons. The number of benzene rings is 2. The van der Waals surface area contributed by atoms with Crippen molar-refractivity contribution in [2.75, 3.05) is 13.1 Å². The van der Waals surface area contributed by atoms with Gasteiger partial charge in [0.1, 0.15) is 5.82 Å². The van der Waals surface area contributed by atoms with Gasteiger partial charge in [-0.25, -0.2) is 4.39 Å². The summed E-state index contributed by atoms with van der Waals surface area (Å²) in [5.74, 6) is 0.520. The Hall–Kier alpha value is -2.71. The fraction of sp³-hybridized carbons (Fsp3) is 0.444. The first-order chi connectivity index (χ1) is 17.1. The first kappa shape index (κ1) is 24.0. The molecule has 1 saturated heterocycles. The minimum Gasteiger partial charge on any atom is -0.348 e. The van der Waals surface area contributed by atoms with Gasteiger partial charge in [-0.15, -0.1) is 10.2 Å². The molecule has 6 nitrogen and oxygen atoms in total. The van der Waals surface area contributed by atoms with Gasteiger partial charge in [-0.1, -0.05) is 42.4 Å². The SMILES string of the molecule is C[C@H](Sc1nnc(CN2CCCCC2)n1-c1ccc(F)cc1)C(=O)N[C@H]1CCCc2ccccc21. The maximum absolute atomic E-state index is 13.6. The number of nitrogens with one attached hydrogen (secondary N) is 1. The first-order valence-electron chi connectivity index (χ1n) is 12.6. The maximum atomic E-state index is 13.6. The number of likely N-dealkylation sites (tertiary alicyclic amines) is 1. The molecule has 1 amide bonds. The van der Waals surface area contributed by atoms with Gasteiger partial charge in [-0.2, -0.15) is 0 Å². The summed E-state index contributed by atoms with van der Waals surface area (Å²) >= 11 is 1.40. The van der Waals surface area contributed by atoms with E-state index in [1.165, 1.54) is 54.3 Å². The molecule has 3 aromatic rings. The summed E-state index contributed by atoms with van der Waals surface area (Å²) in [7, 11) is 0. The van der Waals surface area contributed by atoms with E-state index in [0.717, 1.165) is 43.9 Å². The van der Waals surface area contributed by atoms with Crippen LogP contribution >= 0.6 is 11.8 Å². The van der Waals surface area contributed by atoms with Crippen LogP contribution in [0.4, 0.5) is 4.39 Å². The molecule has 0 spiro atoms. The molecule has 5 rings (SSSR count). The van der Waals surface area contributed by atoms with Crippen molar-refractivity contribution in [2.45, 2.75) is 68.4 Å². The van der Waals surface area contributed by atoms with Crippen LogP contribution in [0.1, 0.15) is 62.0 Å². The van der Waals surface area contributed by atoms with E-state index >= 15 is 0 Å². The second-order valence-electron chi connectivity index (χ2n) is 9.46. The maximum Gasteiger partial charge on any atom is 0.233 e. The molecule has 184 valence electrons. The summed E-state index contributed by atoms with van der Waals surface area (Å²) in [6.07, 6.45) is 6.73. The van der Waals surface area contributed by atoms with Crippen LogP contribution in [0.3, 0.4) is 0 Å². The summed E-state index contributed by atoms with van der Waals surface area (Å²) in [5, 5.41) is 12.5. The lowest BCUT2D eigenvalue weighted by Crippen LogP contribution is -2.36. The molecule has 0 bridgehead atoms. The number of nitrogens with zero attached hydrogens (tertiary/aromatic N) is 4. The van der Waals surface area contributed by atoms with Gasteiger partial charge >= 0.3 is 0 Å². The van der Waals surface area contributed by atoms with Gasteiger partial charge in [0.05, 0.1) is 17.8 Å². The second kappa shape index (κ2) is 10.9. The predicted octanol–water partition coefficient (Wildman–Crippen LogP) is 5.07. The van der Waals surface area contributed by atoms with Crippen LogP contribution in [0.25, 0.3) is 5.69 Å². The van der Waals surface area contributed by atoms with Gasteiger partial charge in [0.15, 0.2) is 11.0 Å². The molecule has 1 fully saturated rings. The van der Waals surface area contributed by atoms with Crippen molar-refractivity contribution in [1.82, 2.24) is 25.0 Å². The highest BCUT2D eigenvalue weighted by atomic mass is 32.2. The third-order valence-electron chi connectivity index (χ3n) is 6.94. The van der Waals surface area contributed by atoms with E-state index in [2.05, 4.69) is 38.6 Å². The summed E-state index contributed by atoms with van der Waals surface area (Å²) in [5.41, 5.74) is 3.35. The number of piperidine rings is 1. The van der Waals surface area contributed by atoms with Crippen molar-refractivity contribution in [3.63, 3.8) is 0 Å². The molecule has 2 atom stereocenters. The molecule has 1 N–H and O–H groups in total. The smallest absolute Gasteiger partial charge is 0.233 e. The predicted molar refractivity (Wildman–Crippen MR) is 136 cm³/mol. The van der Waals surface area contributed by atoms with E-state index in [0.29, 0.717) is 11.7 Å². The average Bonchev–Trinajstić information content (AvgIpc) is 3.27. The lowest BCUT2D eigenvalue weighted by Gasteiger charge is -2.27. The quantitative estimate of drug-likeness (QED) is 0.466. The lowest BCUT2D eigenvalue weighted by atomic mass is 9.88. The van der Waals surface area contributed by atoms with E-state index < -0.39 is 0 Å². The summed E-state index contributed by atoms with van der Waals surface area (Å²) < 4.78 is 15.6. The molecule has 0 saturated carbocycles. The highest BCUT2D eigenvalue weighted by Crippen LogP contribution is 2.31. The fourth-order valence-electron chi connectivity index (χ4n) is 5.05. The summed E-state index contributed by atoms with van der Waals surface area (Å²) in [6, 6.07) is 14.8. The van der Waals surface area contributed by atoms with E-state index in [9.17, 15) is 9.18 Å².